The molecule has 0 atom stereocenters. The van der Waals surface area contributed by atoms with Crippen LogP contribution in [0.25, 0.3) is 10.3 Å². The van der Waals surface area contributed by atoms with Crippen LogP contribution in [-0.4, -0.2) is 22.0 Å². The summed E-state index contributed by atoms with van der Waals surface area (Å²) < 4.78 is 38.4. The highest BCUT2D eigenvalue weighted by Crippen LogP contribution is 2.34. The van der Waals surface area contributed by atoms with Gasteiger partial charge in [0.2, 0.25) is 5.95 Å². The summed E-state index contributed by atoms with van der Waals surface area (Å²) in [6, 6.07) is 9.97. The molecule has 2 aromatic heterocycles. The molecule has 4 rings (SSSR count). The molecule has 2 aromatic carbocycles. The summed E-state index contributed by atoms with van der Waals surface area (Å²) in [4.78, 5) is 14.0. The summed E-state index contributed by atoms with van der Waals surface area (Å²) in [5.74, 6) is 0.731. The van der Waals surface area contributed by atoms with Gasteiger partial charge in [-0.15, -0.1) is 0 Å². The molecular weight excluding hydrogens is 470 g/mol. The first kappa shape index (κ1) is 21.6. The minimum Gasteiger partial charge on any atom is -0.357 e. The molecule has 0 bridgehead atoms. The van der Waals surface area contributed by atoms with Crippen molar-refractivity contribution in [1.82, 2.24) is 15.0 Å². The first-order valence-electron chi connectivity index (χ1n) is 8.97. The maximum absolute atomic E-state index is 12.8. The minimum atomic E-state index is -4.40. The fourth-order valence-electron chi connectivity index (χ4n) is 2.87. The minimum absolute atomic E-state index is 0.355. The fourth-order valence-corrected chi connectivity index (χ4v) is 4.35. The first-order chi connectivity index (χ1) is 14.7. The molecule has 0 amide bonds. The largest absolute Gasteiger partial charge is 0.416 e. The van der Waals surface area contributed by atoms with Crippen molar-refractivity contribution in [3.8, 4) is 0 Å². The van der Waals surface area contributed by atoms with Gasteiger partial charge in [0.25, 0.3) is 0 Å². The predicted octanol–water partition coefficient (Wildman–Crippen LogP) is 6.79. The Morgan fingerprint density at radius 2 is 1.65 bits per heavy atom. The maximum Gasteiger partial charge on any atom is 0.416 e. The Hall–Kier alpha value is -2.62. The van der Waals surface area contributed by atoms with Gasteiger partial charge in [-0.3, -0.25) is 0 Å². The van der Waals surface area contributed by atoms with Crippen LogP contribution >= 0.6 is 34.5 Å². The molecule has 0 aliphatic heterocycles. The third-order valence-electron chi connectivity index (χ3n) is 4.39. The molecule has 0 spiro atoms. The molecule has 0 saturated heterocycles. The van der Waals surface area contributed by atoms with Crippen LogP contribution in [0.3, 0.4) is 0 Å². The molecule has 5 nitrogen and oxygen atoms in total. The lowest BCUT2D eigenvalue weighted by molar-refractivity contribution is -0.137. The SMILES string of the molecule is CNc1nc(Nc2ccc(C(F)(F)F)cc2)c2nc(Cc3c(Cl)cccc3Cl)sc2n1. The molecular formula is C20H14Cl2F3N5S. The quantitative estimate of drug-likeness (QED) is 0.327. The van der Waals surface area contributed by atoms with Crippen LogP contribution in [0.1, 0.15) is 16.1 Å². The summed E-state index contributed by atoms with van der Waals surface area (Å²) >= 11 is 13.9. The molecule has 2 N–H and O–H groups in total. The van der Waals surface area contributed by atoms with E-state index in [1.807, 2.05) is 0 Å². The second-order valence-electron chi connectivity index (χ2n) is 6.48. The number of nitrogens with one attached hydrogen (secondary N) is 2. The summed E-state index contributed by atoms with van der Waals surface area (Å²) in [5, 5.41) is 7.71. The first-order valence-corrected chi connectivity index (χ1v) is 10.5. The fraction of sp³-hybridized carbons (Fsp3) is 0.150. The van der Waals surface area contributed by atoms with Gasteiger partial charge in [0, 0.05) is 29.2 Å². The van der Waals surface area contributed by atoms with Gasteiger partial charge in [-0.25, -0.2) is 9.97 Å². The smallest absolute Gasteiger partial charge is 0.357 e. The highest BCUT2D eigenvalue weighted by molar-refractivity contribution is 7.18. The number of halogens is 5. The number of anilines is 3. The standard InChI is InChI=1S/C20H14Cl2F3N5S/c1-26-19-29-17(27-11-7-5-10(6-8-11)20(23,24)25)16-18(30-19)31-15(28-16)9-12-13(21)3-2-4-14(12)22/h2-8H,9H2,1H3,(H2,26,27,29,30). The number of nitrogens with zero attached hydrogens (tertiary/aromatic N) is 3. The molecule has 0 aliphatic carbocycles. The highest BCUT2D eigenvalue weighted by Gasteiger charge is 2.30. The number of fused-ring (bicyclic) bond motifs is 1. The highest BCUT2D eigenvalue weighted by atomic mass is 35.5. The van der Waals surface area contributed by atoms with Crippen molar-refractivity contribution in [2.24, 2.45) is 0 Å². The maximum atomic E-state index is 12.8. The van der Waals surface area contributed by atoms with Crippen LogP contribution in [0.4, 0.5) is 30.6 Å². The number of hydrogen-bond acceptors (Lipinski definition) is 6. The Kier molecular flexibility index (Phi) is 5.92. The summed E-state index contributed by atoms with van der Waals surface area (Å²) in [6.45, 7) is 0. The van der Waals surface area contributed by atoms with E-state index in [0.717, 1.165) is 22.7 Å². The van der Waals surface area contributed by atoms with Crippen LogP contribution in [0.2, 0.25) is 10.0 Å². The summed E-state index contributed by atoms with van der Waals surface area (Å²) in [7, 11) is 1.68. The van der Waals surface area contributed by atoms with Crippen molar-refractivity contribution < 1.29 is 13.2 Å². The zero-order chi connectivity index (χ0) is 22.2. The Bertz CT molecular complexity index is 1220. The van der Waals surface area contributed by atoms with E-state index in [0.29, 0.717) is 44.3 Å². The molecule has 0 saturated carbocycles. The van der Waals surface area contributed by atoms with Crippen LogP contribution in [0.5, 0.6) is 0 Å². The van der Waals surface area contributed by atoms with Crippen LogP contribution in [0.15, 0.2) is 42.5 Å². The van der Waals surface area contributed by atoms with Gasteiger partial charge in [-0.1, -0.05) is 40.6 Å². The molecule has 31 heavy (non-hydrogen) atoms. The molecule has 2 heterocycles. The lowest BCUT2D eigenvalue weighted by Gasteiger charge is -2.10. The number of thiazole rings is 1. The Morgan fingerprint density at radius 1 is 0.968 bits per heavy atom. The number of aromatic nitrogens is 3. The molecule has 160 valence electrons. The van der Waals surface area contributed by atoms with E-state index < -0.39 is 11.7 Å². The van der Waals surface area contributed by atoms with Crippen molar-refractivity contribution in [3.05, 3.63) is 68.6 Å². The van der Waals surface area contributed by atoms with E-state index in [1.54, 1.807) is 25.2 Å². The van der Waals surface area contributed by atoms with Crippen molar-refractivity contribution in [1.29, 1.82) is 0 Å². The van der Waals surface area contributed by atoms with E-state index in [9.17, 15) is 13.2 Å². The van der Waals surface area contributed by atoms with E-state index in [1.165, 1.54) is 23.5 Å². The zero-order valence-corrected chi connectivity index (χ0v) is 18.2. The third kappa shape index (κ3) is 4.68. The number of alkyl halides is 3. The van der Waals surface area contributed by atoms with Crippen LogP contribution in [0, 0.1) is 0 Å². The second-order valence-corrected chi connectivity index (χ2v) is 8.36. The molecule has 0 aliphatic rings. The Labute approximate surface area is 189 Å². The number of rotatable bonds is 5. The van der Waals surface area contributed by atoms with Gasteiger partial charge < -0.3 is 10.6 Å². The number of hydrogen-bond donors (Lipinski definition) is 2. The molecule has 0 fully saturated rings. The molecule has 11 heteroatoms. The topological polar surface area (TPSA) is 62.7 Å². The average molecular weight is 484 g/mol. The monoisotopic (exact) mass is 483 g/mol. The van der Waals surface area contributed by atoms with Crippen molar-refractivity contribution in [2.75, 3.05) is 17.7 Å². The predicted molar refractivity (Wildman–Crippen MR) is 119 cm³/mol. The van der Waals surface area contributed by atoms with E-state index in [4.69, 9.17) is 23.2 Å². The van der Waals surface area contributed by atoms with Crippen molar-refractivity contribution >= 4 is 62.3 Å². The van der Waals surface area contributed by atoms with Crippen LogP contribution in [-0.2, 0) is 12.6 Å². The lowest BCUT2D eigenvalue weighted by Crippen LogP contribution is -2.05. The summed E-state index contributed by atoms with van der Waals surface area (Å²) in [5.41, 5.74) is 0.971. The van der Waals surface area contributed by atoms with Gasteiger partial charge in [0.05, 0.1) is 5.56 Å². The van der Waals surface area contributed by atoms with E-state index in [2.05, 4.69) is 25.6 Å². The second kappa shape index (κ2) is 8.49. The molecule has 0 radical (unpaired) electrons. The molecule has 4 aromatic rings. The normalized spacial score (nSPS) is 11.7. The third-order valence-corrected chi connectivity index (χ3v) is 6.05. The van der Waals surface area contributed by atoms with Crippen molar-refractivity contribution in [2.45, 2.75) is 12.6 Å². The Balaban J connectivity index is 1.70. The van der Waals surface area contributed by atoms with Gasteiger partial charge in [0.1, 0.15) is 10.5 Å². The van der Waals surface area contributed by atoms with E-state index in [-0.39, 0.29) is 0 Å². The average Bonchev–Trinajstić information content (AvgIpc) is 3.13. The summed E-state index contributed by atoms with van der Waals surface area (Å²) in [6.07, 6.45) is -3.99. The molecule has 0 unspecified atom stereocenters. The number of benzene rings is 2. The van der Waals surface area contributed by atoms with Gasteiger partial charge >= 0.3 is 6.18 Å². The lowest BCUT2D eigenvalue weighted by atomic mass is 10.1. The van der Waals surface area contributed by atoms with Gasteiger partial charge in [-0.05, 0) is 42.0 Å². The zero-order valence-electron chi connectivity index (χ0n) is 15.9. The van der Waals surface area contributed by atoms with Gasteiger partial charge in [0.15, 0.2) is 10.6 Å². The van der Waals surface area contributed by atoms with Crippen molar-refractivity contribution in [3.63, 3.8) is 0 Å². The Morgan fingerprint density at radius 3 is 2.26 bits per heavy atom. The van der Waals surface area contributed by atoms with Gasteiger partial charge in [-0.2, -0.15) is 18.2 Å². The van der Waals surface area contributed by atoms with E-state index >= 15 is 0 Å². The van der Waals surface area contributed by atoms with Crippen LogP contribution < -0.4 is 10.6 Å².